The molecule has 1 aliphatic rings. The van der Waals surface area contributed by atoms with Gasteiger partial charge in [0, 0.05) is 24.1 Å². The third kappa shape index (κ3) is 2.54. The van der Waals surface area contributed by atoms with Crippen LogP contribution in [-0.2, 0) is 4.79 Å². The van der Waals surface area contributed by atoms with E-state index in [1.54, 1.807) is 13.2 Å². The van der Waals surface area contributed by atoms with E-state index in [0.717, 1.165) is 11.3 Å². The topological polar surface area (TPSA) is 50.4 Å². The molecule has 0 saturated carbocycles. The Kier molecular flexibility index (Phi) is 3.48. The summed E-state index contributed by atoms with van der Waals surface area (Å²) in [5, 5.41) is 6.08. The van der Waals surface area contributed by atoms with Gasteiger partial charge in [0.15, 0.2) is 0 Å². The van der Waals surface area contributed by atoms with Crippen molar-refractivity contribution < 1.29 is 13.9 Å². The van der Waals surface area contributed by atoms with Crippen LogP contribution in [0, 0.1) is 5.82 Å². The molecule has 0 fully saturated rings. The highest BCUT2D eigenvalue weighted by molar-refractivity contribution is 6.00. The third-order valence-corrected chi connectivity index (χ3v) is 3.44. The van der Waals surface area contributed by atoms with Crippen LogP contribution in [0.15, 0.2) is 36.4 Å². The number of carbonyl (C=O) groups excluding carboxylic acids is 1. The van der Waals surface area contributed by atoms with Gasteiger partial charge in [-0.3, -0.25) is 4.79 Å². The minimum absolute atomic E-state index is 0.0374. The average Bonchev–Trinajstić information content (AvgIpc) is 2.67. The van der Waals surface area contributed by atoms with Crippen LogP contribution < -0.4 is 15.4 Å². The highest BCUT2D eigenvalue weighted by atomic mass is 19.1. The highest BCUT2D eigenvalue weighted by Crippen LogP contribution is 2.40. The smallest absolute Gasteiger partial charge is 0.226 e. The van der Waals surface area contributed by atoms with Gasteiger partial charge in [-0.1, -0.05) is 12.1 Å². The van der Waals surface area contributed by atoms with Gasteiger partial charge in [0.1, 0.15) is 11.6 Å². The van der Waals surface area contributed by atoms with Gasteiger partial charge in [-0.05, 0) is 24.3 Å². The molecule has 3 rings (SSSR count). The van der Waals surface area contributed by atoms with Crippen LogP contribution >= 0.6 is 0 Å². The first-order valence-corrected chi connectivity index (χ1v) is 6.69. The number of rotatable bonds is 2. The number of benzene rings is 2. The van der Waals surface area contributed by atoms with Crippen LogP contribution in [0.5, 0.6) is 5.75 Å². The van der Waals surface area contributed by atoms with E-state index in [9.17, 15) is 9.18 Å². The number of nitrogens with one attached hydrogen (secondary N) is 2. The predicted molar refractivity (Wildman–Crippen MR) is 80.1 cm³/mol. The molecule has 0 aliphatic carbocycles. The molecule has 0 unspecified atom stereocenters. The average molecular weight is 286 g/mol. The fraction of sp³-hybridized carbons (Fsp3) is 0.188. The zero-order valence-electron chi connectivity index (χ0n) is 11.6. The minimum atomic E-state index is -0.332. The lowest BCUT2D eigenvalue weighted by molar-refractivity contribution is -0.115. The molecule has 5 heteroatoms. The van der Waals surface area contributed by atoms with Gasteiger partial charge in [-0.2, -0.15) is 0 Å². The molecule has 0 bridgehead atoms. The Morgan fingerprint density at radius 2 is 2.05 bits per heavy atom. The van der Waals surface area contributed by atoms with E-state index in [4.69, 9.17) is 4.74 Å². The van der Waals surface area contributed by atoms with Crippen molar-refractivity contribution in [3.8, 4) is 16.9 Å². The Balaban J connectivity index is 2.18. The first kappa shape index (κ1) is 13.4. The van der Waals surface area contributed by atoms with Crippen molar-refractivity contribution in [1.82, 2.24) is 0 Å². The number of carbonyl (C=O) groups is 1. The molecule has 21 heavy (non-hydrogen) atoms. The van der Waals surface area contributed by atoms with Gasteiger partial charge < -0.3 is 15.4 Å². The zero-order chi connectivity index (χ0) is 14.8. The molecule has 2 N–H and O–H groups in total. The molecule has 1 amide bonds. The summed E-state index contributed by atoms with van der Waals surface area (Å²) in [7, 11) is 1.55. The largest absolute Gasteiger partial charge is 0.496 e. The van der Waals surface area contributed by atoms with Gasteiger partial charge in [-0.25, -0.2) is 4.39 Å². The number of halogens is 1. The van der Waals surface area contributed by atoms with Crippen molar-refractivity contribution in [2.45, 2.75) is 6.42 Å². The fourth-order valence-corrected chi connectivity index (χ4v) is 2.48. The summed E-state index contributed by atoms with van der Waals surface area (Å²) in [6.45, 7) is 0.535. The number of amides is 1. The summed E-state index contributed by atoms with van der Waals surface area (Å²) >= 11 is 0. The van der Waals surface area contributed by atoms with E-state index in [2.05, 4.69) is 10.6 Å². The lowest BCUT2D eigenvalue weighted by Gasteiger charge is -2.16. The summed E-state index contributed by atoms with van der Waals surface area (Å²) in [4.78, 5) is 11.6. The summed E-state index contributed by atoms with van der Waals surface area (Å²) in [6.07, 6.45) is 0.397. The van der Waals surface area contributed by atoms with E-state index < -0.39 is 0 Å². The fourth-order valence-electron chi connectivity index (χ4n) is 2.48. The molecule has 0 saturated heterocycles. The molecule has 2 aromatic carbocycles. The van der Waals surface area contributed by atoms with Crippen LogP contribution in [-0.4, -0.2) is 19.6 Å². The van der Waals surface area contributed by atoms with E-state index >= 15 is 0 Å². The molecule has 0 atom stereocenters. The second-order valence-corrected chi connectivity index (χ2v) is 4.80. The van der Waals surface area contributed by atoms with Crippen molar-refractivity contribution in [3.63, 3.8) is 0 Å². The minimum Gasteiger partial charge on any atom is -0.496 e. The van der Waals surface area contributed by atoms with Gasteiger partial charge in [-0.15, -0.1) is 0 Å². The third-order valence-electron chi connectivity index (χ3n) is 3.44. The zero-order valence-corrected chi connectivity index (χ0v) is 11.6. The standard InChI is InChI=1S/C16H15FN2O2/c1-21-14-6-5-10(17)9-12(14)11-3-2-4-13-16(11)18-8-7-15(20)19-13/h2-6,9,18H,7-8H2,1H3,(H,19,20). The lowest BCUT2D eigenvalue weighted by atomic mass is 10.0. The maximum Gasteiger partial charge on any atom is 0.226 e. The summed E-state index contributed by atoms with van der Waals surface area (Å²) in [5.74, 6) is 0.216. The van der Waals surface area contributed by atoms with Crippen LogP contribution in [0.4, 0.5) is 15.8 Å². The van der Waals surface area contributed by atoms with Crippen molar-refractivity contribution in [1.29, 1.82) is 0 Å². The summed E-state index contributed by atoms with van der Waals surface area (Å²) < 4.78 is 18.9. The Morgan fingerprint density at radius 1 is 1.19 bits per heavy atom. The van der Waals surface area contributed by atoms with Crippen LogP contribution in [0.3, 0.4) is 0 Å². The van der Waals surface area contributed by atoms with E-state index in [-0.39, 0.29) is 11.7 Å². The molecule has 0 spiro atoms. The molecule has 108 valence electrons. The number of hydrogen-bond acceptors (Lipinski definition) is 3. The van der Waals surface area contributed by atoms with E-state index in [1.165, 1.54) is 12.1 Å². The number of hydrogen-bond donors (Lipinski definition) is 2. The number of anilines is 2. The molecule has 1 heterocycles. The van der Waals surface area contributed by atoms with Gasteiger partial charge in [0.05, 0.1) is 18.5 Å². The SMILES string of the molecule is COc1ccc(F)cc1-c1cccc2c1NCCC(=O)N2. The second-order valence-electron chi connectivity index (χ2n) is 4.80. The summed E-state index contributed by atoms with van der Waals surface area (Å²) in [6, 6.07) is 9.91. The first-order chi connectivity index (χ1) is 10.2. The highest BCUT2D eigenvalue weighted by Gasteiger charge is 2.18. The second kappa shape index (κ2) is 5.44. The Hall–Kier alpha value is -2.56. The van der Waals surface area contributed by atoms with Crippen LogP contribution in [0.25, 0.3) is 11.1 Å². The van der Waals surface area contributed by atoms with Gasteiger partial charge in [0.2, 0.25) is 5.91 Å². The maximum atomic E-state index is 13.6. The Bertz CT molecular complexity index is 701. The number of methoxy groups -OCH3 is 1. The van der Waals surface area contributed by atoms with Crippen molar-refractivity contribution in [3.05, 3.63) is 42.2 Å². The molecule has 0 radical (unpaired) electrons. The molecule has 0 aromatic heterocycles. The van der Waals surface area contributed by atoms with Crippen LogP contribution in [0.2, 0.25) is 0 Å². The van der Waals surface area contributed by atoms with Crippen molar-refractivity contribution >= 4 is 17.3 Å². The monoisotopic (exact) mass is 286 g/mol. The lowest BCUT2D eigenvalue weighted by Crippen LogP contribution is -2.10. The predicted octanol–water partition coefficient (Wildman–Crippen LogP) is 3.26. The maximum absolute atomic E-state index is 13.6. The number of para-hydroxylation sites is 1. The quantitative estimate of drug-likeness (QED) is 0.891. The van der Waals surface area contributed by atoms with E-state index in [1.807, 2.05) is 18.2 Å². The Morgan fingerprint density at radius 3 is 2.86 bits per heavy atom. The van der Waals surface area contributed by atoms with Crippen molar-refractivity contribution in [2.75, 3.05) is 24.3 Å². The van der Waals surface area contributed by atoms with E-state index in [0.29, 0.717) is 30.0 Å². The first-order valence-electron chi connectivity index (χ1n) is 6.69. The molecule has 1 aliphatic heterocycles. The molecule has 2 aromatic rings. The molecular weight excluding hydrogens is 271 g/mol. The van der Waals surface area contributed by atoms with Gasteiger partial charge >= 0.3 is 0 Å². The normalized spacial score (nSPS) is 13.7. The molecular formula is C16H15FN2O2. The Labute approximate surface area is 121 Å². The van der Waals surface area contributed by atoms with Crippen molar-refractivity contribution in [2.24, 2.45) is 0 Å². The molecule has 4 nitrogen and oxygen atoms in total. The summed E-state index contributed by atoms with van der Waals surface area (Å²) in [5.41, 5.74) is 2.93. The number of ether oxygens (including phenoxy) is 1. The van der Waals surface area contributed by atoms with Gasteiger partial charge in [0.25, 0.3) is 0 Å². The van der Waals surface area contributed by atoms with Crippen LogP contribution in [0.1, 0.15) is 6.42 Å². The number of fused-ring (bicyclic) bond motifs is 1.